The van der Waals surface area contributed by atoms with Gasteiger partial charge >= 0.3 is 6.18 Å². The summed E-state index contributed by atoms with van der Waals surface area (Å²) in [6.45, 7) is 3.89. The summed E-state index contributed by atoms with van der Waals surface area (Å²) in [6, 6.07) is 3.20. The Morgan fingerprint density at radius 1 is 1.33 bits per heavy atom. The van der Waals surface area contributed by atoms with Gasteiger partial charge in [-0.3, -0.25) is 4.79 Å². The molecule has 1 atom stereocenters. The second-order valence-electron chi connectivity index (χ2n) is 7.64. The molecule has 1 amide bonds. The van der Waals surface area contributed by atoms with E-state index in [0.29, 0.717) is 11.4 Å². The number of thiocarbonyl (C=S) groups is 1. The van der Waals surface area contributed by atoms with Crippen LogP contribution in [0.1, 0.15) is 44.7 Å². The number of anilines is 1. The maximum Gasteiger partial charge on any atom is 0.403 e. The first-order chi connectivity index (χ1) is 12.4. The smallest absolute Gasteiger partial charge is 0.371 e. The van der Waals surface area contributed by atoms with E-state index in [9.17, 15) is 22.4 Å². The Morgan fingerprint density at radius 2 is 2.00 bits per heavy atom. The van der Waals surface area contributed by atoms with Gasteiger partial charge in [-0.1, -0.05) is 12.2 Å². The summed E-state index contributed by atoms with van der Waals surface area (Å²) in [5.74, 6) is -1.65. The third-order valence-electron chi connectivity index (χ3n) is 4.98. The van der Waals surface area contributed by atoms with Gasteiger partial charge in [0.25, 0.3) is 0 Å². The van der Waals surface area contributed by atoms with E-state index in [1.165, 1.54) is 12.1 Å². The Balaban J connectivity index is 1.84. The van der Waals surface area contributed by atoms with Crippen LogP contribution in [0.3, 0.4) is 0 Å². The topological polar surface area (TPSA) is 50.4 Å². The molecule has 1 heterocycles. The lowest BCUT2D eigenvalue weighted by Crippen LogP contribution is -2.37. The van der Waals surface area contributed by atoms with Crippen LogP contribution in [0.5, 0.6) is 0 Å². The molecule has 0 radical (unpaired) electrons. The fourth-order valence-corrected chi connectivity index (χ4v) is 3.39. The summed E-state index contributed by atoms with van der Waals surface area (Å²) in [7, 11) is 0. The first-order valence-corrected chi connectivity index (χ1v) is 8.95. The molecule has 2 N–H and O–H groups in total. The number of carbonyl (C=O) groups excluding carboxylic acids is 1. The fourth-order valence-electron chi connectivity index (χ4n) is 3.19. The predicted octanol–water partition coefficient (Wildman–Crippen LogP) is 4.26. The van der Waals surface area contributed by atoms with Crippen molar-refractivity contribution in [3.05, 3.63) is 29.6 Å². The Kier molecular flexibility index (Phi) is 4.96. The minimum absolute atomic E-state index is 0.114. The van der Waals surface area contributed by atoms with Crippen molar-refractivity contribution in [2.75, 3.05) is 11.9 Å². The van der Waals surface area contributed by atoms with Gasteiger partial charge in [-0.15, -0.1) is 0 Å². The summed E-state index contributed by atoms with van der Waals surface area (Å²) in [5.41, 5.74) is -2.58. The van der Waals surface area contributed by atoms with Crippen LogP contribution in [0.4, 0.5) is 23.2 Å². The highest BCUT2D eigenvalue weighted by atomic mass is 32.1. The van der Waals surface area contributed by atoms with Crippen LogP contribution in [-0.2, 0) is 9.53 Å². The van der Waals surface area contributed by atoms with Gasteiger partial charge in [0, 0.05) is 17.7 Å². The van der Waals surface area contributed by atoms with Crippen LogP contribution < -0.4 is 10.6 Å². The fraction of sp³-hybridized carbons (Fsp3) is 0.556. The average Bonchev–Trinajstić information content (AvgIpc) is 3.36. The van der Waals surface area contributed by atoms with Crippen LogP contribution in [0.2, 0.25) is 0 Å². The zero-order chi connectivity index (χ0) is 20.0. The van der Waals surface area contributed by atoms with E-state index in [2.05, 4.69) is 10.6 Å². The second-order valence-corrected chi connectivity index (χ2v) is 8.14. The van der Waals surface area contributed by atoms with Crippen LogP contribution in [0.15, 0.2) is 18.2 Å². The molecule has 0 spiro atoms. The quantitative estimate of drug-likeness (QED) is 0.584. The van der Waals surface area contributed by atoms with E-state index >= 15 is 0 Å². The molecule has 2 aliphatic rings. The first kappa shape index (κ1) is 20.0. The monoisotopic (exact) mass is 404 g/mol. The average molecular weight is 404 g/mol. The molecular weight excluding hydrogens is 384 g/mol. The van der Waals surface area contributed by atoms with E-state index in [1.54, 1.807) is 0 Å². The summed E-state index contributed by atoms with van der Waals surface area (Å²) in [5, 5.41) is 5.30. The normalized spacial score (nSPS) is 23.9. The van der Waals surface area contributed by atoms with E-state index in [0.717, 1.165) is 6.07 Å². The molecule has 1 aliphatic carbocycles. The number of carbonyl (C=O) groups is 1. The van der Waals surface area contributed by atoms with Gasteiger partial charge in [-0.2, -0.15) is 13.2 Å². The molecule has 9 heteroatoms. The van der Waals surface area contributed by atoms with E-state index in [-0.39, 0.29) is 30.7 Å². The number of nitrogens with one attached hydrogen (secondary N) is 2. The van der Waals surface area contributed by atoms with Gasteiger partial charge in [0.2, 0.25) is 5.91 Å². The number of halogens is 4. The molecule has 1 saturated heterocycles. The third kappa shape index (κ3) is 4.08. The molecule has 3 rings (SSSR count). The summed E-state index contributed by atoms with van der Waals surface area (Å²) in [4.78, 5) is 12.6. The highest BCUT2D eigenvalue weighted by Gasteiger charge is 2.68. The standard InChI is InChI=1S/C18H20F4N2O2S/c1-16(2)8-13(24-14(27)9-26-16)11-7-10(3-4-12(11)19)23-15(25)17(5-6-17)18(20,21)22/h3-4,7,13H,5-6,8-9H2,1-2H3,(H,23,25)(H,24,27)/t13-/m0/s1. The molecule has 1 aromatic rings. The largest absolute Gasteiger partial charge is 0.403 e. The summed E-state index contributed by atoms with van der Waals surface area (Å²) in [6.07, 6.45) is -4.68. The zero-order valence-corrected chi connectivity index (χ0v) is 15.7. The van der Waals surface area contributed by atoms with Crippen molar-refractivity contribution in [1.82, 2.24) is 5.32 Å². The molecule has 1 aromatic carbocycles. The molecular formula is C18H20F4N2O2S. The molecule has 1 aliphatic heterocycles. The Bertz CT molecular complexity index is 775. The highest BCUT2D eigenvalue weighted by Crippen LogP contribution is 2.58. The number of benzene rings is 1. The number of ether oxygens (including phenoxy) is 1. The van der Waals surface area contributed by atoms with Gasteiger partial charge in [0.1, 0.15) is 16.2 Å². The SMILES string of the molecule is CC1(C)C[C@@H](c2cc(NC(=O)C3(C(F)(F)F)CC3)ccc2F)NC(=S)CO1. The van der Waals surface area contributed by atoms with Gasteiger partial charge in [0.05, 0.1) is 18.2 Å². The van der Waals surface area contributed by atoms with Gasteiger partial charge in [-0.25, -0.2) is 4.39 Å². The minimum Gasteiger partial charge on any atom is -0.371 e. The van der Waals surface area contributed by atoms with Crippen molar-refractivity contribution in [3.8, 4) is 0 Å². The molecule has 0 aromatic heterocycles. The number of hydrogen-bond acceptors (Lipinski definition) is 3. The maximum atomic E-state index is 14.4. The van der Waals surface area contributed by atoms with Crippen molar-refractivity contribution in [2.24, 2.45) is 5.41 Å². The number of rotatable bonds is 3. The second kappa shape index (κ2) is 6.70. The zero-order valence-electron chi connectivity index (χ0n) is 14.9. The molecule has 0 unspecified atom stereocenters. The number of amides is 1. The number of alkyl halides is 3. The van der Waals surface area contributed by atoms with Gasteiger partial charge in [0.15, 0.2) is 0 Å². The lowest BCUT2D eigenvalue weighted by molar-refractivity contribution is -0.189. The maximum absolute atomic E-state index is 14.4. The molecule has 1 saturated carbocycles. The predicted molar refractivity (Wildman–Crippen MR) is 95.9 cm³/mol. The molecule has 4 nitrogen and oxygen atoms in total. The van der Waals surface area contributed by atoms with Crippen LogP contribution in [0.25, 0.3) is 0 Å². The van der Waals surface area contributed by atoms with E-state index in [4.69, 9.17) is 17.0 Å². The van der Waals surface area contributed by atoms with E-state index in [1.807, 2.05) is 13.8 Å². The summed E-state index contributed by atoms with van der Waals surface area (Å²) < 4.78 is 59.4. The molecule has 2 fully saturated rings. The third-order valence-corrected chi connectivity index (χ3v) is 5.22. The minimum atomic E-state index is -4.60. The Hall–Kier alpha value is -1.74. The highest BCUT2D eigenvalue weighted by molar-refractivity contribution is 7.80. The molecule has 148 valence electrons. The van der Waals surface area contributed by atoms with Crippen molar-refractivity contribution < 1.29 is 27.1 Å². The van der Waals surface area contributed by atoms with Crippen LogP contribution in [-0.4, -0.2) is 29.3 Å². The Labute approximate surface area is 159 Å². The van der Waals surface area contributed by atoms with E-state index < -0.39 is 35.0 Å². The van der Waals surface area contributed by atoms with Gasteiger partial charge < -0.3 is 15.4 Å². The summed E-state index contributed by atoms with van der Waals surface area (Å²) >= 11 is 5.16. The van der Waals surface area contributed by atoms with Crippen molar-refractivity contribution >= 4 is 28.8 Å². The van der Waals surface area contributed by atoms with Crippen molar-refractivity contribution in [1.29, 1.82) is 0 Å². The lowest BCUT2D eigenvalue weighted by Gasteiger charge is -2.27. The van der Waals surface area contributed by atoms with Crippen LogP contribution in [0, 0.1) is 11.2 Å². The number of hydrogen-bond donors (Lipinski definition) is 2. The van der Waals surface area contributed by atoms with Gasteiger partial charge in [-0.05, 0) is 44.9 Å². The van der Waals surface area contributed by atoms with Crippen molar-refractivity contribution in [3.63, 3.8) is 0 Å². The lowest BCUT2D eigenvalue weighted by atomic mass is 9.93. The molecule has 27 heavy (non-hydrogen) atoms. The first-order valence-electron chi connectivity index (χ1n) is 8.54. The molecule has 0 bridgehead atoms. The Morgan fingerprint density at radius 3 is 2.59 bits per heavy atom. The van der Waals surface area contributed by atoms with Crippen LogP contribution >= 0.6 is 12.2 Å². The van der Waals surface area contributed by atoms with Crippen molar-refractivity contribution in [2.45, 2.75) is 50.9 Å².